The van der Waals surface area contributed by atoms with Crippen molar-refractivity contribution in [2.45, 2.75) is 125 Å². The van der Waals surface area contributed by atoms with Gasteiger partial charge in [-0.1, -0.05) is 59.7 Å². The fraction of sp³-hybridized carbons (Fsp3) is 0.558. The number of nitrogens with one attached hydrogen (secondary N) is 1. The van der Waals surface area contributed by atoms with Crippen LogP contribution in [-0.2, 0) is 17.2 Å². The lowest BCUT2D eigenvalue weighted by atomic mass is 9.74. The molecule has 47 heavy (non-hydrogen) atoms. The summed E-state index contributed by atoms with van der Waals surface area (Å²) in [6, 6.07) is 11.0. The molecule has 254 valence electrons. The van der Waals surface area contributed by atoms with Crippen LogP contribution < -0.4 is 10.2 Å². The number of aryl methyl sites for hydroxylation is 1. The molecule has 0 aromatic heterocycles. The summed E-state index contributed by atoms with van der Waals surface area (Å²) in [5.74, 6) is 0.642. The van der Waals surface area contributed by atoms with Crippen molar-refractivity contribution in [3.05, 3.63) is 92.1 Å². The van der Waals surface area contributed by atoms with Gasteiger partial charge in [0.25, 0.3) is 5.91 Å². The second-order valence-corrected chi connectivity index (χ2v) is 13.1. The second-order valence-electron chi connectivity index (χ2n) is 13.1. The standard InChI is InChI=1S/C37H42N2O2.3C2H6/c1-23-27-14-8-20-41-19-7-10-26(36(27)41)22-31(23)34(28-11-3-4-12-29(28)37(40)38-2)32-21-25-9-5-17-39-18-6-13-30(35(25)39)33(32)24-15-16-24;3*1-2/h3-4,11-12,21-22,24,36H,5-10,13-20H2,1-2H3;3*1-2H3/p+1/b34-31-;;;. The minimum absolute atomic E-state index is 0.000792. The molecule has 0 spiro atoms. The predicted octanol–water partition coefficient (Wildman–Crippen LogP) is 10.3. The highest BCUT2D eigenvalue weighted by molar-refractivity contribution is 6.03. The summed E-state index contributed by atoms with van der Waals surface area (Å²) in [4.78, 5) is 16.1. The van der Waals surface area contributed by atoms with E-state index in [1.54, 1.807) is 35.0 Å². The number of carbonyl (C=O) groups is 1. The number of allylic oxidation sites excluding steroid dienone is 3. The van der Waals surface area contributed by atoms with Crippen molar-refractivity contribution in [3.8, 4) is 0 Å². The molecule has 2 saturated heterocycles. The summed E-state index contributed by atoms with van der Waals surface area (Å²) in [6.45, 7) is 19.1. The first-order valence-corrected chi connectivity index (χ1v) is 19.2. The maximum Gasteiger partial charge on any atom is 0.251 e. The molecule has 4 aliphatic heterocycles. The molecule has 1 unspecified atom stereocenters. The van der Waals surface area contributed by atoms with Crippen molar-refractivity contribution in [2.24, 2.45) is 0 Å². The lowest BCUT2D eigenvalue weighted by molar-refractivity contribution is -0.189. The molecule has 6 aliphatic rings. The first-order valence-electron chi connectivity index (χ1n) is 19.2. The Morgan fingerprint density at radius 1 is 0.830 bits per heavy atom. The van der Waals surface area contributed by atoms with Crippen LogP contribution in [0.3, 0.4) is 0 Å². The van der Waals surface area contributed by atoms with Crippen LogP contribution in [-0.4, -0.2) is 45.4 Å². The number of hydrogen-bond acceptors (Lipinski definition) is 2. The van der Waals surface area contributed by atoms with Gasteiger partial charge in [-0.2, -0.15) is 0 Å². The Bertz CT molecular complexity index is 1530. The number of amides is 1. The largest absolute Gasteiger partial charge is 0.413 e. The quantitative estimate of drug-likeness (QED) is 0.339. The average molecular weight is 638 g/mol. The van der Waals surface area contributed by atoms with E-state index in [4.69, 9.17) is 0 Å². The minimum atomic E-state index is 0.000792. The monoisotopic (exact) mass is 637 g/mol. The maximum atomic E-state index is 13.4. The van der Waals surface area contributed by atoms with E-state index in [-0.39, 0.29) is 5.91 Å². The van der Waals surface area contributed by atoms with Gasteiger partial charge in [0, 0.05) is 55.4 Å². The van der Waals surface area contributed by atoms with Crippen LogP contribution in [0.1, 0.15) is 144 Å². The van der Waals surface area contributed by atoms with Crippen molar-refractivity contribution < 1.29 is 9.16 Å². The van der Waals surface area contributed by atoms with Crippen molar-refractivity contribution in [2.75, 3.05) is 38.3 Å². The molecule has 1 amide bonds. The summed E-state index contributed by atoms with van der Waals surface area (Å²) in [6.07, 6.45) is 15.1. The van der Waals surface area contributed by atoms with Crippen LogP contribution in [0.25, 0.3) is 5.57 Å². The van der Waals surface area contributed by atoms with Crippen molar-refractivity contribution >= 4 is 17.2 Å². The zero-order chi connectivity index (χ0) is 33.7. The SMILES string of the molecule is CC.CC.CC.CNC(=O)c1ccccc1/C(=C1\C=C2CCC[O+]3CCCC(=C1C)C23)c1cc2c3c(c1C1CC1)CCCN3CCC2. The van der Waals surface area contributed by atoms with Crippen LogP contribution in [0.4, 0.5) is 5.69 Å². The highest BCUT2D eigenvalue weighted by Crippen LogP contribution is 2.53. The summed E-state index contributed by atoms with van der Waals surface area (Å²) in [5.41, 5.74) is 16.9. The van der Waals surface area contributed by atoms with E-state index in [0.29, 0.717) is 12.0 Å². The highest BCUT2D eigenvalue weighted by Gasteiger charge is 2.43. The molecule has 2 aliphatic carbocycles. The third-order valence-corrected chi connectivity index (χ3v) is 10.7. The Kier molecular flexibility index (Phi) is 11.9. The van der Waals surface area contributed by atoms with Crippen molar-refractivity contribution in [1.82, 2.24) is 5.32 Å². The normalized spacial score (nSPS) is 22.1. The molecule has 1 saturated carbocycles. The fourth-order valence-electron chi connectivity index (χ4n) is 8.81. The van der Waals surface area contributed by atoms with E-state index in [9.17, 15) is 4.79 Å². The van der Waals surface area contributed by atoms with E-state index in [1.807, 2.05) is 53.7 Å². The molecule has 4 heteroatoms. The van der Waals surface area contributed by atoms with Gasteiger partial charge in [-0.25, -0.2) is 0 Å². The maximum absolute atomic E-state index is 13.4. The smallest absolute Gasteiger partial charge is 0.251 e. The third kappa shape index (κ3) is 6.52. The average Bonchev–Trinajstić information content (AvgIpc) is 3.99. The Morgan fingerprint density at radius 3 is 2.17 bits per heavy atom. The lowest BCUT2D eigenvalue weighted by Gasteiger charge is -2.42. The van der Waals surface area contributed by atoms with Crippen LogP contribution in [0, 0.1) is 0 Å². The van der Waals surface area contributed by atoms with Gasteiger partial charge in [0.2, 0.25) is 6.10 Å². The van der Waals surface area contributed by atoms with Crippen LogP contribution in [0.15, 0.2) is 58.7 Å². The number of carbonyl (C=O) groups excluding carboxylic acids is 1. The molecule has 0 bridgehead atoms. The number of hydrogen-bond donors (Lipinski definition) is 1. The molecule has 0 radical (unpaired) electrons. The van der Waals surface area contributed by atoms with Gasteiger partial charge in [0.05, 0.1) is 0 Å². The van der Waals surface area contributed by atoms with Gasteiger partial charge in [0.15, 0.2) is 0 Å². The molecule has 4 heterocycles. The Balaban J connectivity index is 0.000000686. The Morgan fingerprint density at radius 2 is 1.49 bits per heavy atom. The summed E-state index contributed by atoms with van der Waals surface area (Å²) in [5, 5.41) is 2.95. The topological polar surface area (TPSA) is 35.0 Å². The summed E-state index contributed by atoms with van der Waals surface area (Å²) < 4.78 is 3.69. The van der Waals surface area contributed by atoms with Crippen molar-refractivity contribution in [1.29, 1.82) is 0 Å². The van der Waals surface area contributed by atoms with Gasteiger partial charge in [0.1, 0.15) is 13.2 Å². The number of nitrogens with zero attached hydrogens (tertiary/aromatic N) is 1. The van der Waals surface area contributed by atoms with Gasteiger partial charge in [-0.15, -0.1) is 0 Å². The number of benzene rings is 2. The van der Waals surface area contributed by atoms with Gasteiger partial charge in [-0.05, 0) is 127 Å². The van der Waals surface area contributed by atoms with Crippen LogP contribution in [0.2, 0.25) is 0 Å². The first-order chi connectivity index (χ1) is 23.1. The molecular weight excluding hydrogens is 576 g/mol. The van der Waals surface area contributed by atoms with Gasteiger partial charge in [-0.3, -0.25) is 4.79 Å². The van der Waals surface area contributed by atoms with Crippen molar-refractivity contribution in [3.63, 3.8) is 0 Å². The molecule has 2 aromatic rings. The number of anilines is 1. The lowest BCUT2D eigenvalue weighted by Crippen LogP contribution is -2.41. The number of rotatable bonds is 4. The van der Waals surface area contributed by atoms with Crippen LogP contribution in [0.5, 0.6) is 0 Å². The van der Waals surface area contributed by atoms with E-state index >= 15 is 0 Å². The van der Waals surface area contributed by atoms with Gasteiger partial charge >= 0.3 is 0 Å². The van der Waals surface area contributed by atoms with Crippen LogP contribution >= 0.6 is 0 Å². The molecule has 8 rings (SSSR count). The first kappa shape index (κ1) is 35.2. The predicted molar refractivity (Wildman–Crippen MR) is 201 cm³/mol. The fourth-order valence-corrected chi connectivity index (χ4v) is 8.81. The molecule has 4 nitrogen and oxygen atoms in total. The van der Waals surface area contributed by atoms with E-state index in [2.05, 4.69) is 45.8 Å². The van der Waals surface area contributed by atoms with E-state index < -0.39 is 0 Å². The highest BCUT2D eigenvalue weighted by atomic mass is 16.7. The minimum Gasteiger partial charge on any atom is -0.413 e. The molecule has 1 N–H and O–H groups in total. The molecule has 3 fully saturated rings. The molecular formula is C43H61N2O2+. The Labute approximate surface area is 286 Å². The second kappa shape index (κ2) is 15.9. The Hall–Kier alpha value is -3.11. The van der Waals surface area contributed by atoms with E-state index in [0.717, 1.165) is 30.8 Å². The summed E-state index contributed by atoms with van der Waals surface area (Å²) >= 11 is 0. The zero-order valence-corrected chi connectivity index (χ0v) is 30.8. The van der Waals surface area contributed by atoms with Gasteiger partial charge < -0.3 is 14.6 Å². The molecule has 1 atom stereocenters. The zero-order valence-electron chi connectivity index (χ0n) is 30.8. The summed E-state index contributed by atoms with van der Waals surface area (Å²) in [7, 11) is 1.76. The van der Waals surface area contributed by atoms with E-state index in [1.165, 1.54) is 98.7 Å². The third-order valence-electron chi connectivity index (χ3n) is 10.7. The molecule has 2 aromatic carbocycles.